The first-order valence-corrected chi connectivity index (χ1v) is 11.1. The van der Waals surface area contributed by atoms with Gasteiger partial charge in [-0.1, -0.05) is 36.4 Å². The predicted molar refractivity (Wildman–Crippen MR) is 128 cm³/mol. The summed E-state index contributed by atoms with van der Waals surface area (Å²) >= 11 is 0. The Morgan fingerprint density at radius 1 is 0.912 bits per heavy atom. The van der Waals surface area contributed by atoms with Gasteiger partial charge in [-0.05, 0) is 41.1 Å². The number of ether oxygens (including phenoxy) is 1. The lowest BCUT2D eigenvalue weighted by atomic mass is 10.1. The number of furan rings is 1. The molecule has 0 spiro atoms. The normalized spacial score (nSPS) is 13.8. The second kappa shape index (κ2) is 9.27. The van der Waals surface area contributed by atoms with Crippen LogP contribution in [0.15, 0.2) is 83.3 Å². The van der Waals surface area contributed by atoms with E-state index in [0.29, 0.717) is 31.9 Å². The minimum Gasteiger partial charge on any atom is -0.486 e. The summed E-state index contributed by atoms with van der Waals surface area (Å²) in [7, 11) is 0. The second-order valence-corrected chi connectivity index (χ2v) is 8.12. The molecule has 1 saturated heterocycles. The summed E-state index contributed by atoms with van der Waals surface area (Å²) in [5.41, 5.74) is 0.845. The number of fused-ring (bicyclic) bond motifs is 1. The van der Waals surface area contributed by atoms with Gasteiger partial charge in [0.25, 0.3) is 11.6 Å². The van der Waals surface area contributed by atoms with Crippen LogP contribution >= 0.6 is 0 Å². The molecule has 4 aromatic rings. The molecular weight excluding hydrogens is 434 g/mol. The van der Waals surface area contributed by atoms with Crippen molar-refractivity contribution in [2.75, 3.05) is 31.1 Å². The van der Waals surface area contributed by atoms with Gasteiger partial charge in [-0.2, -0.15) is 0 Å². The predicted octanol–water partition coefficient (Wildman–Crippen LogP) is 4.88. The van der Waals surface area contributed by atoms with Crippen LogP contribution in [0.1, 0.15) is 16.3 Å². The largest absolute Gasteiger partial charge is 0.486 e. The molecule has 1 aliphatic rings. The van der Waals surface area contributed by atoms with E-state index in [4.69, 9.17) is 9.15 Å². The van der Waals surface area contributed by atoms with Crippen molar-refractivity contribution in [1.29, 1.82) is 0 Å². The van der Waals surface area contributed by atoms with E-state index in [9.17, 15) is 14.9 Å². The fourth-order valence-corrected chi connectivity index (χ4v) is 4.11. The maximum Gasteiger partial charge on any atom is 0.289 e. The van der Waals surface area contributed by atoms with E-state index < -0.39 is 4.92 Å². The highest BCUT2D eigenvalue weighted by Crippen LogP contribution is 2.24. The molecule has 0 radical (unpaired) electrons. The van der Waals surface area contributed by atoms with Gasteiger partial charge < -0.3 is 19.0 Å². The van der Waals surface area contributed by atoms with Crippen LogP contribution in [0.4, 0.5) is 11.4 Å². The Hall–Kier alpha value is -4.33. The third kappa shape index (κ3) is 4.56. The number of piperazine rings is 1. The fourth-order valence-electron chi connectivity index (χ4n) is 4.11. The summed E-state index contributed by atoms with van der Waals surface area (Å²) in [4.78, 5) is 27.3. The van der Waals surface area contributed by atoms with E-state index in [1.54, 1.807) is 29.2 Å². The maximum atomic E-state index is 12.9. The number of nitro benzene ring substituents is 1. The second-order valence-electron chi connectivity index (χ2n) is 8.12. The molecule has 0 unspecified atom stereocenters. The number of anilines is 1. The monoisotopic (exact) mass is 457 g/mol. The number of benzene rings is 3. The van der Waals surface area contributed by atoms with Gasteiger partial charge >= 0.3 is 0 Å². The highest BCUT2D eigenvalue weighted by Gasteiger charge is 2.25. The van der Waals surface area contributed by atoms with Gasteiger partial charge in [0.2, 0.25) is 0 Å². The molecule has 1 aromatic heterocycles. The van der Waals surface area contributed by atoms with Gasteiger partial charge in [-0.3, -0.25) is 14.9 Å². The lowest BCUT2D eigenvalue weighted by Gasteiger charge is -2.35. The molecule has 2 heterocycles. The van der Waals surface area contributed by atoms with Gasteiger partial charge in [0.05, 0.1) is 4.92 Å². The van der Waals surface area contributed by atoms with Gasteiger partial charge in [-0.15, -0.1) is 0 Å². The maximum absolute atomic E-state index is 12.9. The molecule has 8 heteroatoms. The Kier molecular flexibility index (Phi) is 5.86. The minimum atomic E-state index is -0.401. The van der Waals surface area contributed by atoms with Crippen LogP contribution < -0.4 is 9.64 Å². The molecule has 0 aliphatic carbocycles. The summed E-state index contributed by atoms with van der Waals surface area (Å²) in [5, 5.41) is 13.3. The van der Waals surface area contributed by atoms with E-state index in [1.165, 1.54) is 6.07 Å². The molecular formula is C26H23N3O5. The van der Waals surface area contributed by atoms with Gasteiger partial charge in [-0.25, -0.2) is 0 Å². The zero-order valence-electron chi connectivity index (χ0n) is 18.4. The molecule has 3 aromatic carbocycles. The van der Waals surface area contributed by atoms with Crippen molar-refractivity contribution in [3.63, 3.8) is 0 Å². The van der Waals surface area contributed by atoms with Crippen LogP contribution in [-0.2, 0) is 6.61 Å². The highest BCUT2D eigenvalue weighted by molar-refractivity contribution is 5.91. The Balaban J connectivity index is 1.17. The molecule has 0 atom stereocenters. The van der Waals surface area contributed by atoms with Crippen molar-refractivity contribution < 1.29 is 18.9 Å². The van der Waals surface area contributed by atoms with Crippen molar-refractivity contribution in [3.8, 4) is 5.75 Å². The third-order valence-electron chi connectivity index (χ3n) is 5.95. The number of carbonyl (C=O) groups is 1. The zero-order valence-corrected chi connectivity index (χ0v) is 18.4. The number of non-ortho nitro benzene ring substituents is 1. The van der Waals surface area contributed by atoms with Gasteiger partial charge in [0.1, 0.15) is 18.1 Å². The van der Waals surface area contributed by atoms with Crippen LogP contribution in [0, 0.1) is 10.1 Å². The van der Waals surface area contributed by atoms with Crippen molar-refractivity contribution in [3.05, 3.63) is 100 Å². The smallest absolute Gasteiger partial charge is 0.289 e. The van der Waals surface area contributed by atoms with E-state index in [-0.39, 0.29) is 24.0 Å². The van der Waals surface area contributed by atoms with E-state index in [2.05, 4.69) is 0 Å². The Morgan fingerprint density at radius 3 is 2.50 bits per heavy atom. The van der Waals surface area contributed by atoms with Crippen LogP contribution in [-0.4, -0.2) is 41.9 Å². The SMILES string of the molecule is O=C(c1ccc(COc2ccc3ccccc3c2)o1)N1CCN(c2cccc([N+](=O)[O-])c2)CC1. The first-order chi connectivity index (χ1) is 16.6. The quantitative estimate of drug-likeness (QED) is 0.303. The Morgan fingerprint density at radius 2 is 1.71 bits per heavy atom. The molecule has 8 nitrogen and oxygen atoms in total. The average molecular weight is 457 g/mol. The summed E-state index contributed by atoms with van der Waals surface area (Å²) in [6, 6.07) is 24.0. The van der Waals surface area contributed by atoms with Gasteiger partial charge in [0.15, 0.2) is 5.76 Å². The zero-order chi connectivity index (χ0) is 23.5. The van der Waals surface area contributed by atoms with Crippen LogP contribution in [0.2, 0.25) is 0 Å². The Labute approximate surface area is 196 Å². The molecule has 0 bridgehead atoms. The molecule has 1 amide bonds. The van der Waals surface area contributed by atoms with Crippen LogP contribution in [0.3, 0.4) is 0 Å². The van der Waals surface area contributed by atoms with E-state index in [0.717, 1.165) is 22.2 Å². The lowest BCUT2D eigenvalue weighted by molar-refractivity contribution is -0.384. The fraction of sp³-hybridized carbons (Fsp3) is 0.192. The number of nitrogens with zero attached hydrogens (tertiary/aromatic N) is 3. The molecule has 1 fully saturated rings. The molecule has 0 saturated carbocycles. The lowest BCUT2D eigenvalue weighted by Crippen LogP contribution is -2.48. The Bertz CT molecular complexity index is 1340. The van der Waals surface area contributed by atoms with E-state index >= 15 is 0 Å². The number of hydrogen-bond acceptors (Lipinski definition) is 6. The van der Waals surface area contributed by atoms with Crippen molar-refractivity contribution in [2.24, 2.45) is 0 Å². The summed E-state index contributed by atoms with van der Waals surface area (Å²) < 4.78 is 11.6. The average Bonchev–Trinajstić information content (AvgIpc) is 3.36. The van der Waals surface area contributed by atoms with Gasteiger partial charge in [0, 0.05) is 44.0 Å². The molecule has 5 rings (SSSR count). The molecule has 1 aliphatic heterocycles. The van der Waals surface area contributed by atoms with Crippen molar-refractivity contribution in [1.82, 2.24) is 4.90 Å². The minimum absolute atomic E-state index is 0.0602. The number of nitro groups is 1. The third-order valence-corrected chi connectivity index (χ3v) is 5.95. The summed E-state index contributed by atoms with van der Waals surface area (Å²) in [6.45, 7) is 2.42. The molecule has 34 heavy (non-hydrogen) atoms. The van der Waals surface area contributed by atoms with Crippen molar-refractivity contribution in [2.45, 2.75) is 6.61 Å². The first-order valence-electron chi connectivity index (χ1n) is 11.1. The summed E-state index contributed by atoms with van der Waals surface area (Å²) in [6.07, 6.45) is 0. The number of amides is 1. The van der Waals surface area contributed by atoms with Crippen LogP contribution in [0.5, 0.6) is 5.75 Å². The van der Waals surface area contributed by atoms with E-state index in [1.807, 2.05) is 53.4 Å². The highest BCUT2D eigenvalue weighted by atomic mass is 16.6. The number of rotatable bonds is 6. The number of hydrogen-bond donors (Lipinski definition) is 0. The standard InChI is InChI=1S/C26H23N3O5/c30-26(28-14-12-27(13-15-28)21-6-3-7-22(17-21)29(31)32)25-11-10-24(34-25)18-33-23-9-8-19-4-1-2-5-20(19)16-23/h1-11,16-17H,12-15,18H2. The van der Waals surface area contributed by atoms with Crippen LogP contribution in [0.25, 0.3) is 10.8 Å². The first kappa shape index (κ1) is 21.5. The summed E-state index contributed by atoms with van der Waals surface area (Å²) in [5.74, 6) is 1.42. The number of carbonyl (C=O) groups excluding carboxylic acids is 1. The van der Waals surface area contributed by atoms with Crippen molar-refractivity contribution >= 4 is 28.1 Å². The molecule has 0 N–H and O–H groups in total. The molecule has 172 valence electrons. The topological polar surface area (TPSA) is 89.1 Å².